The molecule has 0 radical (unpaired) electrons. The summed E-state index contributed by atoms with van der Waals surface area (Å²) in [7, 11) is 0. The lowest BCUT2D eigenvalue weighted by Gasteiger charge is -2.33. The molecule has 1 saturated heterocycles. The van der Waals surface area contributed by atoms with Crippen molar-refractivity contribution >= 4 is 28.7 Å². The fourth-order valence-electron chi connectivity index (χ4n) is 4.19. The minimum atomic E-state index is -2.61. The van der Waals surface area contributed by atoms with Crippen molar-refractivity contribution in [1.82, 2.24) is 4.57 Å². The Morgan fingerprint density at radius 2 is 1.42 bits per heavy atom. The molecule has 184 valence electrons. The van der Waals surface area contributed by atoms with Crippen LogP contribution in [-0.2, 0) is 0 Å². The fourth-order valence-corrected chi connectivity index (χ4v) is 4.19. The largest absolute Gasteiger partial charge is 0.371 e. The van der Waals surface area contributed by atoms with Gasteiger partial charge in [-0.2, -0.15) is 0 Å². The van der Waals surface area contributed by atoms with Crippen molar-refractivity contribution in [3.63, 3.8) is 0 Å². The van der Waals surface area contributed by atoms with Crippen LogP contribution in [0.25, 0.3) is 5.69 Å². The molecule has 0 spiro atoms. The van der Waals surface area contributed by atoms with Gasteiger partial charge in [0.05, 0.1) is 5.69 Å². The quantitative estimate of drug-likeness (QED) is 0.311. The molecule has 1 fully saturated rings. The van der Waals surface area contributed by atoms with E-state index >= 15 is 0 Å². The van der Waals surface area contributed by atoms with Gasteiger partial charge in [-0.15, -0.1) is 0 Å². The lowest BCUT2D eigenvalue weighted by atomic mass is 10.1. The average molecular weight is 491 g/mol. The maximum absolute atomic E-state index is 14.7. The first-order valence-corrected chi connectivity index (χ1v) is 11.7. The van der Waals surface area contributed by atoms with E-state index in [0.717, 1.165) is 17.1 Å². The third-order valence-electron chi connectivity index (χ3n) is 6.27. The number of aromatic nitrogens is 1. The van der Waals surface area contributed by atoms with Gasteiger partial charge in [-0.25, -0.2) is 13.2 Å². The van der Waals surface area contributed by atoms with Crippen LogP contribution in [0.15, 0.2) is 91.3 Å². The van der Waals surface area contributed by atoms with Crippen LogP contribution >= 0.6 is 0 Å². The molecule has 5 nitrogen and oxygen atoms in total. The number of nitrogens with zero attached hydrogens (tertiary/aromatic N) is 2. The van der Waals surface area contributed by atoms with Gasteiger partial charge in [0.15, 0.2) is 0 Å². The number of halogens is 3. The van der Waals surface area contributed by atoms with Gasteiger partial charge < -0.3 is 20.1 Å². The van der Waals surface area contributed by atoms with Crippen molar-refractivity contribution < 1.29 is 18.0 Å². The highest BCUT2D eigenvalue weighted by Gasteiger charge is 2.34. The standard InChI is InChI=1S/C28H25F3N4O/c29-25-19-22(7-12-26(25)32-21-5-10-24(11-6-21)34-15-1-2-16-34)33-27(36)20-3-8-23(9-4-20)35-17-13-28(30,31)14-18-35/h1-12,15-16,19,32H,13-14,17-18H2,(H,33,36). The molecule has 0 atom stereocenters. The van der Waals surface area contributed by atoms with Crippen LogP contribution in [0.2, 0.25) is 0 Å². The zero-order chi connectivity index (χ0) is 25.1. The summed E-state index contributed by atoms with van der Waals surface area (Å²) >= 11 is 0. The maximum Gasteiger partial charge on any atom is 0.255 e. The van der Waals surface area contributed by atoms with Crippen molar-refractivity contribution in [3.05, 3.63) is 103 Å². The first kappa shape index (κ1) is 23.5. The van der Waals surface area contributed by atoms with Gasteiger partial charge >= 0.3 is 0 Å². The number of benzene rings is 3. The zero-order valence-electron chi connectivity index (χ0n) is 19.4. The third-order valence-corrected chi connectivity index (χ3v) is 6.27. The summed E-state index contributed by atoms with van der Waals surface area (Å²) in [5.74, 6) is -3.49. The molecule has 0 bridgehead atoms. The predicted molar refractivity (Wildman–Crippen MR) is 136 cm³/mol. The molecule has 0 unspecified atom stereocenters. The second-order valence-electron chi connectivity index (χ2n) is 8.80. The molecule has 3 aromatic carbocycles. The number of piperidine rings is 1. The van der Waals surface area contributed by atoms with Crippen LogP contribution in [0.4, 0.5) is 35.9 Å². The molecule has 1 aliphatic heterocycles. The summed E-state index contributed by atoms with van der Waals surface area (Å²) in [5, 5.41) is 5.75. The number of hydrogen-bond acceptors (Lipinski definition) is 3. The molecule has 5 rings (SSSR count). The Morgan fingerprint density at radius 1 is 0.806 bits per heavy atom. The maximum atomic E-state index is 14.7. The van der Waals surface area contributed by atoms with E-state index in [1.165, 1.54) is 6.07 Å². The summed E-state index contributed by atoms with van der Waals surface area (Å²) in [6.45, 7) is 0.547. The monoisotopic (exact) mass is 490 g/mol. The second-order valence-corrected chi connectivity index (χ2v) is 8.80. The third kappa shape index (κ3) is 5.38. The summed E-state index contributed by atoms with van der Waals surface area (Å²) < 4.78 is 43.5. The zero-order valence-corrected chi connectivity index (χ0v) is 19.4. The molecule has 2 heterocycles. The first-order valence-electron chi connectivity index (χ1n) is 11.7. The predicted octanol–water partition coefficient (Wildman–Crippen LogP) is 6.85. The fraction of sp³-hybridized carbons (Fsp3) is 0.179. The van der Waals surface area contributed by atoms with Gasteiger partial charge in [0.1, 0.15) is 5.82 Å². The molecule has 0 aliphatic carbocycles. The number of carbonyl (C=O) groups is 1. The van der Waals surface area contributed by atoms with Crippen molar-refractivity contribution in [1.29, 1.82) is 0 Å². The Morgan fingerprint density at radius 3 is 2.06 bits per heavy atom. The summed E-state index contributed by atoms with van der Waals surface area (Å²) in [4.78, 5) is 14.5. The smallest absolute Gasteiger partial charge is 0.255 e. The highest BCUT2D eigenvalue weighted by Crippen LogP contribution is 2.30. The summed E-state index contributed by atoms with van der Waals surface area (Å²) in [6, 6.07) is 22.7. The van der Waals surface area contributed by atoms with Crippen molar-refractivity contribution in [2.24, 2.45) is 0 Å². The minimum absolute atomic E-state index is 0.176. The Bertz CT molecular complexity index is 1330. The molecule has 1 amide bonds. The normalized spacial score (nSPS) is 14.9. The second kappa shape index (κ2) is 9.81. The van der Waals surface area contributed by atoms with Crippen LogP contribution in [0.5, 0.6) is 0 Å². The Hall–Kier alpha value is -4.20. The molecule has 1 aliphatic rings. The Balaban J connectivity index is 1.20. The number of hydrogen-bond donors (Lipinski definition) is 2. The van der Waals surface area contributed by atoms with Gasteiger partial charge in [-0.05, 0) is 78.9 Å². The van der Waals surface area contributed by atoms with Crippen LogP contribution in [0.1, 0.15) is 23.2 Å². The van der Waals surface area contributed by atoms with Gasteiger partial charge in [-0.1, -0.05) is 0 Å². The van der Waals surface area contributed by atoms with E-state index in [1.54, 1.807) is 36.4 Å². The molecular formula is C28H25F3N4O. The molecule has 8 heteroatoms. The highest BCUT2D eigenvalue weighted by molar-refractivity contribution is 6.04. The number of rotatable bonds is 6. The number of nitrogens with one attached hydrogen (secondary N) is 2. The van der Waals surface area contributed by atoms with Gasteiger partial charge in [-0.3, -0.25) is 4.79 Å². The SMILES string of the molecule is O=C(Nc1ccc(Nc2ccc(-n3cccc3)cc2)c(F)c1)c1ccc(N2CCC(F)(F)CC2)cc1. The molecule has 2 N–H and O–H groups in total. The van der Waals surface area contributed by atoms with Crippen molar-refractivity contribution in [2.75, 3.05) is 28.6 Å². The van der Waals surface area contributed by atoms with Crippen LogP contribution in [0.3, 0.4) is 0 Å². The lowest BCUT2D eigenvalue weighted by molar-refractivity contribution is -0.0220. The van der Waals surface area contributed by atoms with E-state index in [-0.39, 0.29) is 37.5 Å². The molecule has 0 saturated carbocycles. The van der Waals surface area contributed by atoms with Crippen LogP contribution in [0, 0.1) is 5.82 Å². The topological polar surface area (TPSA) is 49.3 Å². The van der Waals surface area contributed by atoms with E-state index < -0.39 is 11.7 Å². The number of alkyl halides is 2. The minimum Gasteiger partial charge on any atom is -0.371 e. The summed E-state index contributed by atoms with van der Waals surface area (Å²) in [6.07, 6.45) is 3.54. The Labute approximate surface area is 207 Å². The van der Waals surface area contributed by atoms with E-state index in [0.29, 0.717) is 11.3 Å². The van der Waals surface area contributed by atoms with Gasteiger partial charge in [0.2, 0.25) is 0 Å². The van der Waals surface area contributed by atoms with E-state index in [2.05, 4.69) is 10.6 Å². The van der Waals surface area contributed by atoms with Crippen LogP contribution in [-0.4, -0.2) is 29.5 Å². The van der Waals surface area contributed by atoms with Gasteiger partial charge in [0.25, 0.3) is 11.8 Å². The number of carbonyl (C=O) groups excluding carboxylic acids is 1. The van der Waals surface area contributed by atoms with E-state index in [9.17, 15) is 18.0 Å². The summed E-state index contributed by atoms with van der Waals surface area (Å²) in [5.41, 5.74) is 3.54. The van der Waals surface area contributed by atoms with Crippen LogP contribution < -0.4 is 15.5 Å². The molecule has 4 aromatic rings. The van der Waals surface area contributed by atoms with E-state index in [1.807, 2.05) is 58.3 Å². The molecular weight excluding hydrogens is 465 g/mol. The first-order chi connectivity index (χ1) is 17.4. The molecule has 1 aromatic heterocycles. The van der Waals surface area contributed by atoms with E-state index in [4.69, 9.17) is 0 Å². The number of amides is 1. The van der Waals surface area contributed by atoms with Crippen molar-refractivity contribution in [2.45, 2.75) is 18.8 Å². The average Bonchev–Trinajstić information content (AvgIpc) is 3.41. The molecule has 36 heavy (non-hydrogen) atoms. The Kier molecular flexibility index (Phi) is 6.41. The van der Waals surface area contributed by atoms with Crippen molar-refractivity contribution in [3.8, 4) is 5.69 Å². The van der Waals surface area contributed by atoms with Gasteiger partial charge in [0, 0.05) is 66.6 Å². The lowest BCUT2D eigenvalue weighted by Crippen LogP contribution is -2.39. The number of anilines is 4. The highest BCUT2D eigenvalue weighted by atomic mass is 19.3.